The van der Waals surface area contributed by atoms with Gasteiger partial charge in [0.15, 0.2) is 0 Å². The summed E-state index contributed by atoms with van der Waals surface area (Å²) in [7, 11) is 0. The molecule has 0 aromatic rings. The third-order valence-corrected chi connectivity index (χ3v) is 4.55. The maximum atomic E-state index is 3.58. The van der Waals surface area contributed by atoms with Gasteiger partial charge in [-0.05, 0) is 57.5 Å². The molecule has 0 spiro atoms. The number of hydrogen-bond donors (Lipinski definition) is 1. The van der Waals surface area contributed by atoms with Crippen molar-refractivity contribution >= 4 is 11.8 Å². The third-order valence-electron chi connectivity index (χ3n) is 3.50. The molecule has 88 valence electrons. The van der Waals surface area contributed by atoms with Crippen molar-refractivity contribution in [1.82, 2.24) is 10.2 Å². The highest BCUT2D eigenvalue weighted by atomic mass is 32.2. The van der Waals surface area contributed by atoms with Crippen molar-refractivity contribution in [2.45, 2.75) is 38.1 Å². The molecule has 2 fully saturated rings. The van der Waals surface area contributed by atoms with E-state index in [1.165, 1.54) is 69.8 Å². The summed E-state index contributed by atoms with van der Waals surface area (Å²) in [6, 6.07) is 0.839. The van der Waals surface area contributed by atoms with E-state index in [-0.39, 0.29) is 0 Å². The second kappa shape index (κ2) is 6.77. The molecule has 0 bridgehead atoms. The fourth-order valence-electron chi connectivity index (χ4n) is 2.59. The average molecular weight is 228 g/mol. The third kappa shape index (κ3) is 4.33. The van der Waals surface area contributed by atoms with E-state index in [4.69, 9.17) is 0 Å². The molecule has 2 rings (SSSR count). The van der Waals surface area contributed by atoms with Gasteiger partial charge in [0, 0.05) is 18.3 Å². The predicted octanol–water partition coefficient (Wildman–Crippen LogP) is 1.96. The molecule has 0 aromatic heterocycles. The van der Waals surface area contributed by atoms with Crippen LogP contribution >= 0.6 is 11.8 Å². The molecule has 2 heterocycles. The quantitative estimate of drug-likeness (QED) is 0.792. The SMILES string of the molecule is C1CNC(CCCN2CCCSCC2)C1. The molecular formula is C12H24N2S. The highest BCUT2D eigenvalue weighted by Crippen LogP contribution is 2.13. The van der Waals surface area contributed by atoms with Crippen LogP contribution in [0.5, 0.6) is 0 Å². The summed E-state index contributed by atoms with van der Waals surface area (Å²) in [5.41, 5.74) is 0. The number of nitrogens with zero attached hydrogens (tertiary/aromatic N) is 1. The molecule has 0 saturated carbocycles. The van der Waals surface area contributed by atoms with E-state index in [1.807, 2.05) is 0 Å². The number of rotatable bonds is 4. The topological polar surface area (TPSA) is 15.3 Å². The molecule has 2 aliphatic rings. The van der Waals surface area contributed by atoms with Crippen molar-refractivity contribution in [3.63, 3.8) is 0 Å². The molecule has 0 aromatic carbocycles. The molecule has 1 N–H and O–H groups in total. The first-order valence-corrected chi connectivity index (χ1v) is 7.64. The van der Waals surface area contributed by atoms with Crippen LogP contribution in [0, 0.1) is 0 Å². The second-order valence-electron chi connectivity index (χ2n) is 4.74. The van der Waals surface area contributed by atoms with Gasteiger partial charge in [0.2, 0.25) is 0 Å². The molecule has 3 heteroatoms. The Morgan fingerprint density at radius 1 is 1.20 bits per heavy atom. The van der Waals surface area contributed by atoms with Crippen molar-refractivity contribution in [2.24, 2.45) is 0 Å². The summed E-state index contributed by atoms with van der Waals surface area (Å²) in [4.78, 5) is 2.66. The van der Waals surface area contributed by atoms with Crippen molar-refractivity contribution in [2.75, 3.05) is 37.7 Å². The van der Waals surface area contributed by atoms with Crippen molar-refractivity contribution < 1.29 is 0 Å². The van der Waals surface area contributed by atoms with E-state index in [1.54, 1.807) is 0 Å². The normalized spacial score (nSPS) is 29.2. The molecular weight excluding hydrogens is 204 g/mol. The Hall–Kier alpha value is 0.270. The zero-order valence-electron chi connectivity index (χ0n) is 9.71. The minimum Gasteiger partial charge on any atom is -0.314 e. The lowest BCUT2D eigenvalue weighted by atomic mass is 10.1. The molecule has 0 amide bonds. The van der Waals surface area contributed by atoms with Gasteiger partial charge >= 0.3 is 0 Å². The summed E-state index contributed by atoms with van der Waals surface area (Å²) in [5, 5.41) is 3.58. The van der Waals surface area contributed by atoms with Gasteiger partial charge in [-0.25, -0.2) is 0 Å². The first-order chi connectivity index (χ1) is 7.45. The Balaban J connectivity index is 1.55. The van der Waals surface area contributed by atoms with Gasteiger partial charge in [0.05, 0.1) is 0 Å². The Kier molecular flexibility index (Phi) is 5.30. The van der Waals surface area contributed by atoms with Crippen LogP contribution in [-0.4, -0.2) is 48.6 Å². The van der Waals surface area contributed by atoms with Crippen LogP contribution in [0.3, 0.4) is 0 Å². The summed E-state index contributed by atoms with van der Waals surface area (Å²) in [6.45, 7) is 5.25. The van der Waals surface area contributed by atoms with Gasteiger partial charge in [-0.2, -0.15) is 11.8 Å². The van der Waals surface area contributed by atoms with Crippen molar-refractivity contribution in [1.29, 1.82) is 0 Å². The van der Waals surface area contributed by atoms with Crippen LogP contribution in [-0.2, 0) is 0 Å². The van der Waals surface area contributed by atoms with Crippen LogP contribution in [0.2, 0.25) is 0 Å². The van der Waals surface area contributed by atoms with Gasteiger partial charge in [0.1, 0.15) is 0 Å². The van der Waals surface area contributed by atoms with E-state index in [0.29, 0.717) is 0 Å². The largest absolute Gasteiger partial charge is 0.314 e. The highest BCUT2D eigenvalue weighted by molar-refractivity contribution is 7.99. The van der Waals surface area contributed by atoms with E-state index >= 15 is 0 Å². The van der Waals surface area contributed by atoms with Gasteiger partial charge in [-0.3, -0.25) is 0 Å². The minimum absolute atomic E-state index is 0.839. The molecule has 1 atom stereocenters. The minimum atomic E-state index is 0.839. The van der Waals surface area contributed by atoms with E-state index in [0.717, 1.165) is 6.04 Å². The first kappa shape index (κ1) is 11.7. The van der Waals surface area contributed by atoms with Crippen LogP contribution in [0.1, 0.15) is 32.1 Å². The van der Waals surface area contributed by atoms with Gasteiger partial charge in [0.25, 0.3) is 0 Å². The smallest absolute Gasteiger partial charge is 0.00723 e. The summed E-state index contributed by atoms with van der Waals surface area (Å²) in [6.07, 6.45) is 6.99. The molecule has 2 saturated heterocycles. The average Bonchev–Trinajstić information content (AvgIpc) is 2.62. The second-order valence-corrected chi connectivity index (χ2v) is 5.97. The summed E-state index contributed by atoms with van der Waals surface area (Å²) >= 11 is 2.12. The van der Waals surface area contributed by atoms with Crippen molar-refractivity contribution in [3.05, 3.63) is 0 Å². The lowest BCUT2D eigenvalue weighted by Gasteiger charge is -2.20. The Bertz CT molecular complexity index is 161. The Morgan fingerprint density at radius 3 is 3.07 bits per heavy atom. The highest BCUT2D eigenvalue weighted by Gasteiger charge is 2.14. The molecule has 2 nitrogen and oxygen atoms in total. The maximum absolute atomic E-state index is 3.58. The van der Waals surface area contributed by atoms with Gasteiger partial charge in [-0.15, -0.1) is 0 Å². The monoisotopic (exact) mass is 228 g/mol. The fraction of sp³-hybridized carbons (Fsp3) is 1.00. The zero-order valence-corrected chi connectivity index (χ0v) is 10.5. The Morgan fingerprint density at radius 2 is 2.20 bits per heavy atom. The molecule has 15 heavy (non-hydrogen) atoms. The molecule has 1 unspecified atom stereocenters. The first-order valence-electron chi connectivity index (χ1n) is 6.48. The fourth-order valence-corrected chi connectivity index (χ4v) is 3.51. The van der Waals surface area contributed by atoms with Crippen molar-refractivity contribution in [3.8, 4) is 0 Å². The standard InChI is InChI=1S/C12H24N2S/c1-4-12(13-6-1)5-2-7-14-8-3-10-15-11-9-14/h12-13H,1-11H2. The maximum Gasteiger partial charge on any atom is 0.00723 e. The molecule has 0 radical (unpaired) electrons. The number of thioether (sulfide) groups is 1. The van der Waals surface area contributed by atoms with Crippen LogP contribution < -0.4 is 5.32 Å². The lowest BCUT2D eigenvalue weighted by Crippen LogP contribution is -2.29. The zero-order chi connectivity index (χ0) is 10.3. The number of hydrogen-bond acceptors (Lipinski definition) is 3. The molecule has 0 aliphatic carbocycles. The van der Waals surface area contributed by atoms with E-state index in [2.05, 4.69) is 22.0 Å². The predicted molar refractivity (Wildman–Crippen MR) is 68.6 cm³/mol. The summed E-state index contributed by atoms with van der Waals surface area (Å²) in [5.74, 6) is 2.72. The Labute approximate surface area is 98.2 Å². The van der Waals surface area contributed by atoms with E-state index in [9.17, 15) is 0 Å². The van der Waals surface area contributed by atoms with Crippen LogP contribution in [0.4, 0.5) is 0 Å². The van der Waals surface area contributed by atoms with Gasteiger partial charge in [-0.1, -0.05) is 0 Å². The van der Waals surface area contributed by atoms with Crippen LogP contribution in [0.15, 0.2) is 0 Å². The molecule has 2 aliphatic heterocycles. The number of nitrogens with one attached hydrogen (secondary N) is 1. The van der Waals surface area contributed by atoms with Gasteiger partial charge < -0.3 is 10.2 Å². The van der Waals surface area contributed by atoms with E-state index < -0.39 is 0 Å². The van der Waals surface area contributed by atoms with Crippen LogP contribution in [0.25, 0.3) is 0 Å². The summed E-state index contributed by atoms with van der Waals surface area (Å²) < 4.78 is 0. The lowest BCUT2D eigenvalue weighted by molar-refractivity contribution is 0.284.